The number of halogens is 1. The van der Waals surface area contributed by atoms with Crippen LogP contribution in [-0.4, -0.2) is 31.2 Å². The van der Waals surface area contributed by atoms with Gasteiger partial charge in [-0.25, -0.2) is 14.4 Å². The Morgan fingerprint density at radius 1 is 1.17 bits per heavy atom. The van der Waals surface area contributed by atoms with E-state index in [1.54, 1.807) is 24.7 Å². The lowest BCUT2D eigenvalue weighted by molar-refractivity contribution is 0.356. The number of aromatic nitrogens is 5. The Bertz CT molecular complexity index is 1240. The predicted molar refractivity (Wildman–Crippen MR) is 106 cm³/mol. The summed E-state index contributed by atoms with van der Waals surface area (Å²) >= 11 is 0. The first-order chi connectivity index (χ1) is 14.1. The molecule has 146 valence electrons. The number of benzene rings is 1. The number of fused-ring (bicyclic) bond motifs is 2. The van der Waals surface area contributed by atoms with Crippen molar-refractivity contribution in [2.24, 2.45) is 0 Å². The summed E-state index contributed by atoms with van der Waals surface area (Å²) in [7, 11) is 0. The smallest absolute Gasteiger partial charge is 0.171 e. The molecule has 4 aromatic rings. The second-order valence-corrected chi connectivity index (χ2v) is 7.08. The average Bonchev–Trinajstić information content (AvgIpc) is 3.37. The number of rotatable bonds is 4. The number of hydrogen-bond donors (Lipinski definition) is 1. The molecule has 8 heteroatoms. The fourth-order valence-electron chi connectivity index (χ4n) is 3.93. The summed E-state index contributed by atoms with van der Waals surface area (Å²) in [4.78, 5) is 8.95. The van der Waals surface area contributed by atoms with Gasteiger partial charge in [0.1, 0.15) is 29.5 Å². The van der Waals surface area contributed by atoms with Crippen molar-refractivity contribution in [2.75, 3.05) is 12.3 Å². The number of pyridine rings is 1. The minimum atomic E-state index is -0.200. The van der Waals surface area contributed by atoms with E-state index in [-0.39, 0.29) is 5.82 Å². The van der Waals surface area contributed by atoms with Gasteiger partial charge in [0.05, 0.1) is 6.61 Å². The van der Waals surface area contributed by atoms with Crippen LogP contribution in [0, 0.1) is 12.7 Å². The minimum Gasteiger partial charge on any atom is -0.493 e. The molecule has 0 radical (unpaired) electrons. The third-order valence-electron chi connectivity index (χ3n) is 5.35. The van der Waals surface area contributed by atoms with Gasteiger partial charge in [-0.2, -0.15) is 0 Å². The second kappa shape index (κ2) is 6.80. The Kier molecular flexibility index (Phi) is 4.12. The van der Waals surface area contributed by atoms with Crippen molar-refractivity contribution in [2.45, 2.75) is 26.2 Å². The Balaban J connectivity index is 1.50. The third-order valence-corrected chi connectivity index (χ3v) is 5.35. The lowest BCUT2D eigenvalue weighted by Crippen LogP contribution is -2.06. The van der Waals surface area contributed by atoms with Gasteiger partial charge in [0.15, 0.2) is 5.65 Å². The van der Waals surface area contributed by atoms with Crippen LogP contribution in [0.15, 0.2) is 36.8 Å². The molecule has 3 aromatic heterocycles. The summed E-state index contributed by atoms with van der Waals surface area (Å²) in [6, 6.07) is 6.84. The van der Waals surface area contributed by atoms with Crippen molar-refractivity contribution in [1.29, 1.82) is 0 Å². The van der Waals surface area contributed by atoms with Crippen LogP contribution in [0.25, 0.3) is 16.8 Å². The molecule has 5 rings (SSSR count). The molecule has 1 aliphatic rings. The lowest BCUT2D eigenvalue weighted by Gasteiger charge is -2.11. The second-order valence-electron chi connectivity index (χ2n) is 7.08. The normalized spacial score (nSPS) is 12.9. The number of ether oxygens (including phenoxy) is 1. The molecule has 0 spiro atoms. The number of nitrogen functional groups attached to an aromatic ring is 1. The molecule has 7 nitrogen and oxygen atoms in total. The van der Waals surface area contributed by atoms with Gasteiger partial charge in [-0.1, -0.05) is 0 Å². The number of anilines is 1. The molecular formula is C21H19FN6O. The first-order valence-electron chi connectivity index (χ1n) is 9.46. The van der Waals surface area contributed by atoms with Crippen molar-refractivity contribution in [3.05, 3.63) is 65.3 Å². The summed E-state index contributed by atoms with van der Waals surface area (Å²) in [5.74, 6) is 1.82. The first-order valence-corrected chi connectivity index (χ1v) is 9.46. The van der Waals surface area contributed by atoms with Crippen molar-refractivity contribution in [3.8, 4) is 16.9 Å². The van der Waals surface area contributed by atoms with E-state index in [1.165, 1.54) is 6.07 Å². The van der Waals surface area contributed by atoms with Gasteiger partial charge >= 0.3 is 0 Å². The Hall–Kier alpha value is -3.55. The zero-order valence-electron chi connectivity index (χ0n) is 15.9. The van der Waals surface area contributed by atoms with Gasteiger partial charge in [0.2, 0.25) is 0 Å². The van der Waals surface area contributed by atoms with Crippen molar-refractivity contribution >= 4 is 11.5 Å². The highest BCUT2D eigenvalue weighted by Gasteiger charge is 2.20. The topological polar surface area (TPSA) is 91.2 Å². The fraction of sp³-hybridized carbons (Fsp3) is 0.238. The van der Waals surface area contributed by atoms with Gasteiger partial charge in [-0.15, -0.1) is 10.2 Å². The monoisotopic (exact) mass is 390 g/mol. The Labute approximate surface area is 166 Å². The molecule has 29 heavy (non-hydrogen) atoms. The molecule has 4 heterocycles. The molecular weight excluding hydrogens is 371 g/mol. The van der Waals surface area contributed by atoms with Crippen LogP contribution in [0.3, 0.4) is 0 Å². The molecule has 0 saturated heterocycles. The van der Waals surface area contributed by atoms with Gasteiger partial charge in [0, 0.05) is 41.4 Å². The molecule has 1 aliphatic heterocycles. The predicted octanol–water partition coefficient (Wildman–Crippen LogP) is 2.94. The highest BCUT2D eigenvalue weighted by molar-refractivity contribution is 5.78. The quantitative estimate of drug-likeness (QED) is 0.576. The summed E-state index contributed by atoms with van der Waals surface area (Å²) < 4.78 is 21.9. The van der Waals surface area contributed by atoms with E-state index in [2.05, 4.69) is 20.2 Å². The van der Waals surface area contributed by atoms with Crippen molar-refractivity contribution in [3.63, 3.8) is 0 Å². The van der Waals surface area contributed by atoms with Crippen LogP contribution >= 0.6 is 0 Å². The minimum absolute atomic E-state index is 0.200. The van der Waals surface area contributed by atoms with Crippen LogP contribution in [0.1, 0.15) is 22.6 Å². The van der Waals surface area contributed by atoms with E-state index in [4.69, 9.17) is 10.5 Å². The SMILES string of the molecule is Cc1nc(N)ccc1-c1cnc(CCc2c(F)ccc3c2CCO3)n2cnnc12. The standard InChI is InChI=1S/C21H19FN6O/c1-12-13(2-6-19(23)26-12)16-10-24-20(28-11-25-27-21(16)28)7-3-14-15-8-9-29-18(15)5-4-17(14)22/h2,4-6,10-11H,3,7-9H2,1H3,(H2,23,26). The molecule has 0 aliphatic carbocycles. The lowest BCUT2D eigenvalue weighted by atomic mass is 10.00. The fourth-order valence-corrected chi connectivity index (χ4v) is 3.93. The Morgan fingerprint density at radius 3 is 2.93 bits per heavy atom. The highest BCUT2D eigenvalue weighted by atomic mass is 19.1. The maximum Gasteiger partial charge on any atom is 0.171 e. The number of nitrogens with zero attached hydrogens (tertiary/aromatic N) is 5. The zero-order chi connectivity index (χ0) is 20.0. The van der Waals surface area contributed by atoms with Crippen LogP contribution in [0.5, 0.6) is 5.75 Å². The molecule has 2 N–H and O–H groups in total. The zero-order valence-corrected chi connectivity index (χ0v) is 15.9. The average molecular weight is 390 g/mol. The molecule has 0 atom stereocenters. The summed E-state index contributed by atoms with van der Waals surface area (Å²) in [5.41, 5.74) is 10.6. The largest absolute Gasteiger partial charge is 0.493 e. The van der Waals surface area contributed by atoms with Crippen LogP contribution in [0.2, 0.25) is 0 Å². The number of aryl methyl sites for hydroxylation is 2. The van der Waals surface area contributed by atoms with Crippen LogP contribution in [0.4, 0.5) is 10.2 Å². The van der Waals surface area contributed by atoms with Crippen molar-refractivity contribution in [1.82, 2.24) is 24.6 Å². The molecule has 0 bridgehead atoms. The maximum atomic E-state index is 14.4. The van der Waals surface area contributed by atoms with E-state index in [1.807, 2.05) is 17.4 Å². The van der Waals surface area contributed by atoms with E-state index in [9.17, 15) is 4.39 Å². The van der Waals surface area contributed by atoms with Crippen LogP contribution in [-0.2, 0) is 19.3 Å². The van der Waals surface area contributed by atoms with E-state index in [0.717, 1.165) is 40.4 Å². The highest BCUT2D eigenvalue weighted by Crippen LogP contribution is 2.31. The summed E-state index contributed by atoms with van der Waals surface area (Å²) in [6.07, 6.45) is 5.23. The molecule has 1 aromatic carbocycles. The van der Waals surface area contributed by atoms with E-state index in [0.29, 0.717) is 36.5 Å². The molecule has 0 saturated carbocycles. The van der Waals surface area contributed by atoms with E-state index < -0.39 is 0 Å². The van der Waals surface area contributed by atoms with Gasteiger partial charge in [-0.3, -0.25) is 4.40 Å². The van der Waals surface area contributed by atoms with Crippen molar-refractivity contribution < 1.29 is 9.13 Å². The molecule has 0 unspecified atom stereocenters. The van der Waals surface area contributed by atoms with E-state index >= 15 is 0 Å². The Morgan fingerprint density at radius 2 is 2.07 bits per heavy atom. The third kappa shape index (κ3) is 2.97. The van der Waals surface area contributed by atoms with Gasteiger partial charge < -0.3 is 10.5 Å². The van der Waals surface area contributed by atoms with Crippen LogP contribution < -0.4 is 10.5 Å². The molecule has 0 amide bonds. The maximum absolute atomic E-state index is 14.4. The number of nitrogens with two attached hydrogens (primary N) is 1. The van der Waals surface area contributed by atoms with Gasteiger partial charge in [0.25, 0.3) is 0 Å². The summed E-state index contributed by atoms with van der Waals surface area (Å²) in [5, 5.41) is 8.33. The molecule has 0 fully saturated rings. The van der Waals surface area contributed by atoms with Gasteiger partial charge in [-0.05, 0) is 43.2 Å². The number of hydrogen-bond acceptors (Lipinski definition) is 6. The first kappa shape index (κ1) is 17.5. The summed E-state index contributed by atoms with van der Waals surface area (Å²) in [6.45, 7) is 2.50.